The van der Waals surface area contributed by atoms with E-state index in [1.807, 2.05) is 65.0 Å². The molecule has 1 N–H and O–H groups in total. The molecule has 0 aliphatic carbocycles. The number of nitrogens with one attached hydrogen (secondary N) is 1. The lowest BCUT2D eigenvalue weighted by atomic mass is 10.1. The summed E-state index contributed by atoms with van der Waals surface area (Å²) in [6.45, 7) is 9.75. The number of anilines is 1. The van der Waals surface area contributed by atoms with Crippen molar-refractivity contribution in [1.82, 2.24) is 10.2 Å². The van der Waals surface area contributed by atoms with Crippen molar-refractivity contribution in [3.63, 3.8) is 0 Å². The molecule has 0 spiro atoms. The van der Waals surface area contributed by atoms with Crippen LogP contribution < -0.4 is 14.4 Å². The molecule has 41 heavy (non-hydrogen) atoms. The summed E-state index contributed by atoms with van der Waals surface area (Å²) >= 11 is 0. The third-order valence-corrected chi connectivity index (χ3v) is 8.49. The quantitative estimate of drug-likeness (QED) is 0.305. The monoisotopic (exact) mass is 579 g/mol. The maximum atomic E-state index is 14.2. The Morgan fingerprint density at radius 2 is 1.61 bits per heavy atom. The molecule has 0 bridgehead atoms. The van der Waals surface area contributed by atoms with Crippen LogP contribution in [0.4, 0.5) is 5.69 Å². The van der Waals surface area contributed by atoms with E-state index in [-0.39, 0.29) is 29.0 Å². The van der Waals surface area contributed by atoms with Gasteiger partial charge in [0, 0.05) is 13.1 Å². The first-order valence-corrected chi connectivity index (χ1v) is 15.3. The summed E-state index contributed by atoms with van der Waals surface area (Å²) in [6.07, 6.45) is 0.362. The third-order valence-electron chi connectivity index (χ3n) is 6.72. The van der Waals surface area contributed by atoms with Gasteiger partial charge < -0.3 is 15.0 Å². The average Bonchev–Trinajstić information content (AvgIpc) is 2.95. The number of hydrogen-bond donors (Lipinski definition) is 1. The Kier molecular flexibility index (Phi) is 10.9. The molecule has 220 valence electrons. The van der Waals surface area contributed by atoms with Crippen molar-refractivity contribution in [3.05, 3.63) is 89.5 Å². The molecule has 0 fully saturated rings. The first-order valence-electron chi connectivity index (χ1n) is 13.8. The van der Waals surface area contributed by atoms with Gasteiger partial charge in [-0.3, -0.25) is 13.9 Å². The highest BCUT2D eigenvalue weighted by Crippen LogP contribution is 2.33. The van der Waals surface area contributed by atoms with E-state index in [1.165, 1.54) is 24.1 Å². The Labute approximate surface area is 244 Å². The van der Waals surface area contributed by atoms with Crippen LogP contribution in [0.1, 0.15) is 43.9 Å². The minimum absolute atomic E-state index is 0.0447. The summed E-state index contributed by atoms with van der Waals surface area (Å²) in [6, 6.07) is 20.1. The van der Waals surface area contributed by atoms with Gasteiger partial charge in [-0.25, -0.2) is 8.42 Å². The number of sulfonamides is 1. The van der Waals surface area contributed by atoms with Gasteiger partial charge in [0.2, 0.25) is 11.8 Å². The van der Waals surface area contributed by atoms with Crippen LogP contribution in [0.25, 0.3) is 0 Å². The van der Waals surface area contributed by atoms with Crippen molar-refractivity contribution in [1.29, 1.82) is 0 Å². The van der Waals surface area contributed by atoms with Crippen molar-refractivity contribution in [2.24, 2.45) is 5.92 Å². The molecule has 2 amide bonds. The molecule has 0 aliphatic heterocycles. The fourth-order valence-electron chi connectivity index (χ4n) is 4.58. The SMILES string of the molecule is CCC(C(=O)NCC(C)C)N(Cc1cccc(C)c1)C(=O)CN(c1cc(C)ccc1OC)S(=O)(=O)c1ccccc1. The first-order chi connectivity index (χ1) is 19.5. The van der Waals surface area contributed by atoms with E-state index >= 15 is 0 Å². The standard InChI is InChI=1S/C32H41N3O5S/c1-7-28(32(37)33-20-23(2)3)34(21-26-13-11-12-24(4)18-26)31(36)22-35(29-19-25(5)16-17-30(29)40-6)41(38,39)27-14-9-8-10-15-27/h8-19,23,28H,7,20-22H2,1-6H3,(H,33,37). The summed E-state index contributed by atoms with van der Waals surface area (Å²) in [5, 5.41) is 2.95. The molecule has 1 atom stereocenters. The van der Waals surface area contributed by atoms with Crippen LogP contribution in [0.3, 0.4) is 0 Å². The summed E-state index contributed by atoms with van der Waals surface area (Å²) in [5.41, 5.74) is 2.92. The zero-order valence-electron chi connectivity index (χ0n) is 24.8. The molecule has 0 aliphatic rings. The smallest absolute Gasteiger partial charge is 0.264 e. The highest BCUT2D eigenvalue weighted by Gasteiger charge is 2.34. The third kappa shape index (κ3) is 8.10. The second kappa shape index (κ2) is 14.2. The average molecular weight is 580 g/mol. The van der Waals surface area contributed by atoms with E-state index in [0.29, 0.717) is 18.7 Å². The second-order valence-electron chi connectivity index (χ2n) is 10.6. The zero-order chi connectivity index (χ0) is 30.2. The Balaban J connectivity index is 2.11. The highest BCUT2D eigenvalue weighted by atomic mass is 32.2. The molecule has 0 radical (unpaired) electrons. The molecule has 0 aromatic heterocycles. The highest BCUT2D eigenvalue weighted by molar-refractivity contribution is 7.92. The predicted molar refractivity (Wildman–Crippen MR) is 162 cm³/mol. The van der Waals surface area contributed by atoms with Crippen LogP contribution in [0.5, 0.6) is 5.75 Å². The largest absolute Gasteiger partial charge is 0.495 e. The Morgan fingerprint density at radius 1 is 0.927 bits per heavy atom. The van der Waals surface area contributed by atoms with E-state index in [2.05, 4.69) is 5.32 Å². The predicted octanol–water partition coefficient (Wildman–Crippen LogP) is 5.09. The molecule has 3 aromatic rings. The van der Waals surface area contributed by atoms with Crippen LogP contribution in [0.15, 0.2) is 77.7 Å². The molecule has 0 saturated carbocycles. The molecule has 1 unspecified atom stereocenters. The molecular weight excluding hydrogens is 538 g/mol. The van der Waals surface area contributed by atoms with Crippen molar-refractivity contribution in [2.75, 3.05) is 24.5 Å². The minimum Gasteiger partial charge on any atom is -0.495 e. The van der Waals surface area contributed by atoms with Gasteiger partial charge in [0.25, 0.3) is 10.0 Å². The molecule has 0 saturated heterocycles. The van der Waals surface area contributed by atoms with Crippen LogP contribution >= 0.6 is 0 Å². The van der Waals surface area contributed by atoms with Crippen LogP contribution in [0, 0.1) is 19.8 Å². The lowest BCUT2D eigenvalue weighted by Gasteiger charge is -2.33. The normalized spacial score (nSPS) is 12.1. The topological polar surface area (TPSA) is 96.0 Å². The van der Waals surface area contributed by atoms with E-state index < -0.39 is 28.5 Å². The summed E-state index contributed by atoms with van der Waals surface area (Å²) in [7, 11) is -2.72. The zero-order valence-corrected chi connectivity index (χ0v) is 25.6. The summed E-state index contributed by atoms with van der Waals surface area (Å²) < 4.78 is 34.7. The fraction of sp³-hybridized carbons (Fsp3) is 0.375. The maximum absolute atomic E-state index is 14.2. The lowest BCUT2D eigenvalue weighted by Crippen LogP contribution is -2.52. The first kappa shape index (κ1) is 31.7. The number of ether oxygens (including phenoxy) is 1. The van der Waals surface area contributed by atoms with Crippen LogP contribution in [-0.2, 0) is 26.2 Å². The molecule has 8 nitrogen and oxygen atoms in total. The van der Waals surface area contributed by atoms with Gasteiger partial charge in [0.05, 0.1) is 17.7 Å². The lowest BCUT2D eigenvalue weighted by molar-refractivity contribution is -0.140. The van der Waals surface area contributed by atoms with E-state index in [1.54, 1.807) is 30.3 Å². The molecule has 3 rings (SSSR count). The van der Waals surface area contributed by atoms with Gasteiger partial charge in [-0.2, -0.15) is 0 Å². The Bertz CT molecular complexity index is 1440. The number of benzene rings is 3. The van der Waals surface area contributed by atoms with Crippen LogP contribution in [-0.4, -0.2) is 51.4 Å². The number of rotatable bonds is 13. The van der Waals surface area contributed by atoms with Gasteiger partial charge in [-0.1, -0.05) is 74.9 Å². The van der Waals surface area contributed by atoms with Crippen molar-refractivity contribution >= 4 is 27.5 Å². The fourth-order valence-corrected chi connectivity index (χ4v) is 6.01. The minimum atomic E-state index is -4.18. The summed E-state index contributed by atoms with van der Waals surface area (Å²) in [4.78, 5) is 29.1. The number of amides is 2. The number of nitrogens with zero attached hydrogens (tertiary/aromatic N) is 2. The van der Waals surface area contributed by atoms with Crippen molar-refractivity contribution < 1.29 is 22.7 Å². The van der Waals surface area contributed by atoms with Gasteiger partial charge in [0.1, 0.15) is 18.3 Å². The van der Waals surface area contributed by atoms with Crippen molar-refractivity contribution in [3.8, 4) is 5.75 Å². The van der Waals surface area contributed by atoms with Crippen LogP contribution in [0.2, 0.25) is 0 Å². The maximum Gasteiger partial charge on any atom is 0.264 e. The molecule has 0 heterocycles. The van der Waals surface area contributed by atoms with Gasteiger partial charge in [-0.05, 0) is 61.6 Å². The van der Waals surface area contributed by atoms with Gasteiger partial charge >= 0.3 is 0 Å². The van der Waals surface area contributed by atoms with E-state index in [9.17, 15) is 18.0 Å². The molecule has 9 heteroatoms. The number of hydrogen-bond acceptors (Lipinski definition) is 5. The summed E-state index contributed by atoms with van der Waals surface area (Å²) in [5.74, 6) is -0.221. The van der Waals surface area contributed by atoms with Crippen molar-refractivity contribution in [2.45, 2.75) is 58.5 Å². The molecular formula is C32H41N3O5S. The van der Waals surface area contributed by atoms with E-state index in [0.717, 1.165) is 21.0 Å². The van der Waals surface area contributed by atoms with E-state index in [4.69, 9.17) is 4.74 Å². The number of methoxy groups -OCH3 is 1. The number of aryl methyl sites for hydroxylation is 2. The Morgan fingerprint density at radius 3 is 2.22 bits per heavy atom. The number of carbonyl (C=O) groups is 2. The van der Waals surface area contributed by atoms with Gasteiger partial charge in [0.15, 0.2) is 0 Å². The molecule has 3 aromatic carbocycles. The van der Waals surface area contributed by atoms with Gasteiger partial charge in [-0.15, -0.1) is 0 Å². The Hall–Kier alpha value is -3.85. The second-order valence-corrected chi connectivity index (χ2v) is 12.4. The number of carbonyl (C=O) groups excluding carboxylic acids is 2.